The van der Waals surface area contributed by atoms with Crippen molar-refractivity contribution in [2.75, 3.05) is 39.1 Å². The van der Waals surface area contributed by atoms with Gasteiger partial charge in [-0.3, -0.25) is 0 Å². The van der Waals surface area contributed by atoms with Crippen LogP contribution in [0.4, 0.5) is 5.69 Å². The van der Waals surface area contributed by atoms with Gasteiger partial charge in [-0.05, 0) is 38.1 Å². The zero-order valence-electron chi connectivity index (χ0n) is 10.3. The molecule has 90 valence electrons. The van der Waals surface area contributed by atoms with E-state index in [-0.39, 0.29) is 0 Å². The maximum absolute atomic E-state index is 5.64. The molecular weight excluding hydrogens is 200 g/mol. The van der Waals surface area contributed by atoms with Gasteiger partial charge in [0.15, 0.2) is 0 Å². The van der Waals surface area contributed by atoms with Gasteiger partial charge < -0.3 is 15.4 Å². The molecule has 0 bridgehead atoms. The lowest BCUT2D eigenvalue weighted by Gasteiger charge is -2.16. The van der Waals surface area contributed by atoms with E-state index < -0.39 is 0 Å². The normalized spacial score (nSPS) is 10.9. The van der Waals surface area contributed by atoms with E-state index in [4.69, 9.17) is 10.5 Å². The molecule has 0 aliphatic rings. The van der Waals surface area contributed by atoms with E-state index >= 15 is 0 Å². The predicted molar refractivity (Wildman–Crippen MR) is 68.5 cm³/mol. The molecular formula is C13H22N2O. The van der Waals surface area contributed by atoms with Crippen molar-refractivity contribution >= 4 is 5.69 Å². The van der Waals surface area contributed by atoms with E-state index in [1.807, 2.05) is 19.1 Å². The molecule has 0 saturated carbocycles. The van der Waals surface area contributed by atoms with E-state index in [9.17, 15) is 0 Å². The van der Waals surface area contributed by atoms with Crippen molar-refractivity contribution in [2.45, 2.75) is 13.3 Å². The number of benzene rings is 1. The molecule has 1 rings (SSSR count). The van der Waals surface area contributed by atoms with E-state index in [2.05, 4.69) is 24.1 Å². The lowest BCUT2D eigenvalue weighted by molar-refractivity contribution is 0.122. The molecule has 0 aliphatic heterocycles. The molecule has 2 N–H and O–H groups in total. The Balaban J connectivity index is 2.20. The van der Waals surface area contributed by atoms with Crippen molar-refractivity contribution in [3.8, 4) is 0 Å². The van der Waals surface area contributed by atoms with E-state index in [1.54, 1.807) is 0 Å². The average molecular weight is 222 g/mol. The highest BCUT2D eigenvalue weighted by Gasteiger charge is 1.99. The van der Waals surface area contributed by atoms with Gasteiger partial charge in [-0.2, -0.15) is 0 Å². The number of nitrogen functional groups attached to an aromatic ring is 1. The van der Waals surface area contributed by atoms with Crippen LogP contribution >= 0.6 is 0 Å². The summed E-state index contributed by atoms with van der Waals surface area (Å²) in [7, 11) is 2.12. The molecule has 0 spiro atoms. The molecule has 0 unspecified atom stereocenters. The third-order valence-electron chi connectivity index (χ3n) is 2.58. The summed E-state index contributed by atoms with van der Waals surface area (Å²) < 4.78 is 5.31. The number of hydrogen-bond donors (Lipinski definition) is 1. The SMILES string of the molecule is CCOCCN(C)CCc1ccc(N)cc1. The van der Waals surface area contributed by atoms with Gasteiger partial charge in [-0.25, -0.2) is 0 Å². The average Bonchev–Trinajstić information content (AvgIpc) is 2.29. The summed E-state index contributed by atoms with van der Waals surface area (Å²) in [5, 5.41) is 0. The molecule has 0 heterocycles. The van der Waals surface area contributed by atoms with Gasteiger partial charge in [0.25, 0.3) is 0 Å². The topological polar surface area (TPSA) is 38.5 Å². The molecule has 0 radical (unpaired) electrons. The second kappa shape index (κ2) is 7.25. The number of hydrogen-bond acceptors (Lipinski definition) is 3. The zero-order valence-corrected chi connectivity index (χ0v) is 10.3. The zero-order chi connectivity index (χ0) is 11.8. The smallest absolute Gasteiger partial charge is 0.0593 e. The highest BCUT2D eigenvalue weighted by Crippen LogP contribution is 2.06. The van der Waals surface area contributed by atoms with Crippen LogP contribution in [-0.4, -0.2) is 38.3 Å². The number of ether oxygens (including phenoxy) is 1. The molecule has 0 fully saturated rings. The van der Waals surface area contributed by atoms with E-state index in [0.29, 0.717) is 0 Å². The Kier molecular flexibility index (Phi) is 5.90. The van der Waals surface area contributed by atoms with Gasteiger partial charge >= 0.3 is 0 Å². The molecule has 0 aliphatic carbocycles. The van der Waals surface area contributed by atoms with Crippen LogP contribution < -0.4 is 5.73 Å². The molecule has 0 atom stereocenters. The molecule has 3 heteroatoms. The van der Waals surface area contributed by atoms with Crippen molar-refractivity contribution < 1.29 is 4.74 Å². The Morgan fingerprint density at radius 3 is 2.50 bits per heavy atom. The van der Waals surface area contributed by atoms with Gasteiger partial charge in [-0.1, -0.05) is 12.1 Å². The molecule has 3 nitrogen and oxygen atoms in total. The van der Waals surface area contributed by atoms with Crippen LogP contribution in [0.5, 0.6) is 0 Å². The Hall–Kier alpha value is -1.06. The number of nitrogens with two attached hydrogens (primary N) is 1. The molecule has 16 heavy (non-hydrogen) atoms. The number of anilines is 1. The fourth-order valence-electron chi connectivity index (χ4n) is 1.48. The van der Waals surface area contributed by atoms with Crippen molar-refractivity contribution in [3.63, 3.8) is 0 Å². The first kappa shape index (κ1) is 13.0. The van der Waals surface area contributed by atoms with Crippen LogP contribution in [-0.2, 0) is 11.2 Å². The summed E-state index contributed by atoms with van der Waals surface area (Å²) in [6, 6.07) is 8.09. The molecule has 0 saturated heterocycles. The number of nitrogens with zero attached hydrogens (tertiary/aromatic N) is 1. The standard InChI is InChI=1S/C13H22N2O/c1-3-16-11-10-15(2)9-8-12-4-6-13(14)7-5-12/h4-7H,3,8-11,14H2,1-2H3. The Morgan fingerprint density at radius 2 is 1.88 bits per heavy atom. The summed E-state index contributed by atoms with van der Waals surface area (Å²) >= 11 is 0. The van der Waals surface area contributed by atoms with E-state index in [0.717, 1.165) is 38.4 Å². The molecule has 0 aromatic heterocycles. The minimum atomic E-state index is 0.797. The summed E-state index contributed by atoms with van der Waals surface area (Å²) in [5.74, 6) is 0. The quantitative estimate of drug-likeness (QED) is 0.564. The summed E-state index contributed by atoms with van der Waals surface area (Å²) in [6.45, 7) is 5.68. The highest BCUT2D eigenvalue weighted by molar-refractivity contribution is 5.39. The predicted octanol–water partition coefficient (Wildman–Crippen LogP) is 1.78. The van der Waals surface area contributed by atoms with Gasteiger partial charge in [0, 0.05) is 25.4 Å². The summed E-state index contributed by atoms with van der Waals surface area (Å²) in [4.78, 5) is 2.28. The Labute approximate surface area is 98.2 Å². The van der Waals surface area contributed by atoms with Crippen LogP contribution in [0, 0.1) is 0 Å². The summed E-state index contributed by atoms with van der Waals surface area (Å²) in [6.07, 6.45) is 1.06. The third kappa shape index (κ3) is 5.14. The number of likely N-dealkylation sites (N-methyl/N-ethyl adjacent to an activating group) is 1. The van der Waals surface area contributed by atoms with Crippen molar-refractivity contribution in [2.24, 2.45) is 0 Å². The van der Waals surface area contributed by atoms with Gasteiger partial charge in [0.2, 0.25) is 0 Å². The second-order valence-corrected chi connectivity index (χ2v) is 3.99. The lowest BCUT2D eigenvalue weighted by atomic mass is 10.1. The van der Waals surface area contributed by atoms with Crippen LogP contribution in [0.3, 0.4) is 0 Å². The summed E-state index contributed by atoms with van der Waals surface area (Å²) in [5.41, 5.74) is 7.79. The molecule has 1 aromatic rings. The highest BCUT2D eigenvalue weighted by atomic mass is 16.5. The molecule has 1 aromatic carbocycles. The van der Waals surface area contributed by atoms with Gasteiger partial charge in [0.1, 0.15) is 0 Å². The van der Waals surface area contributed by atoms with Gasteiger partial charge in [-0.15, -0.1) is 0 Å². The lowest BCUT2D eigenvalue weighted by Crippen LogP contribution is -2.25. The Bertz CT molecular complexity index is 284. The fraction of sp³-hybridized carbons (Fsp3) is 0.538. The number of rotatable bonds is 7. The van der Waals surface area contributed by atoms with Crippen molar-refractivity contribution in [1.82, 2.24) is 4.90 Å². The van der Waals surface area contributed by atoms with Crippen molar-refractivity contribution in [1.29, 1.82) is 0 Å². The minimum Gasteiger partial charge on any atom is -0.399 e. The maximum atomic E-state index is 5.64. The largest absolute Gasteiger partial charge is 0.399 e. The van der Waals surface area contributed by atoms with Crippen LogP contribution in [0.15, 0.2) is 24.3 Å². The second-order valence-electron chi connectivity index (χ2n) is 3.99. The monoisotopic (exact) mass is 222 g/mol. The first-order chi connectivity index (χ1) is 7.72. The first-order valence-corrected chi connectivity index (χ1v) is 5.83. The molecule has 0 amide bonds. The van der Waals surface area contributed by atoms with Gasteiger partial charge in [0.05, 0.1) is 6.61 Å². The maximum Gasteiger partial charge on any atom is 0.0593 e. The van der Waals surface area contributed by atoms with Crippen molar-refractivity contribution in [3.05, 3.63) is 29.8 Å². The first-order valence-electron chi connectivity index (χ1n) is 5.83. The Morgan fingerprint density at radius 1 is 1.19 bits per heavy atom. The van der Waals surface area contributed by atoms with E-state index in [1.165, 1.54) is 5.56 Å². The fourth-order valence-corrected chi connectivity index (χ4v) is 1.48. The third-order valence-corrected chi connectivity index (χ3v) is 2.58. The van der Waals surface area contributed by atoms with Crippen LogP contribution in [0.2, 0.25) is 0 Å². The van der Waals surface area contributed by atoms with Crippen LogP contribution in [0.25, 0.3) is 0 Å². The minimum absolute atomic E-state index is 0.797. The van der Waals surface area contributed by atoms with Crippen LogP contribution in [0.1, 0.15) is 12.5 Å².